The van der Waals surface area contributed by atoms with Gasteiger partial charge < -0.3 is 24.8 Å². The van der Waals surface area contributed by atoms with Gasteiger partial charge in [0.2, 0.25) is 0 Å². The van der Waals surface area contributed by atoms with Crippen LogP contribution in [0, 0.1) is 0 Å². The average Bonchev–Trinajstić information content (AvgIpc) is 2.71. The summed E-state index contributed by atoms with van der Waals surface area (Å²) in [7, 11) is 0. The minimum atomic E-state index is -2.90. The summed E-state index contributed by atoms with van der Waals surface area (Å²) in [6.07, 6.45) is 0.833. The van der Waals surface area contributed by atoms with Crippen LogP contribution in [0.1, 0.15) is 25.8 Å². The second-order valence-electron chi connectivity index (χ2n) is 6.57. The van der Waals surface area contributed by atoms with Crippen LogP contribution in [0.5, 0.6) is 11.5 Å². The first-order valence-electron chi connectivity index (χ1n) is 10.1. The third kappa shape index (κ3) is 8.82. The number of nitrogens with zero attached hydrogens (tertiary/aromatic N) is 2. The molecule has 1 heterocycles. The van der Waals surface area contributed by atoms with E-state index in [1.165, 1.54) is 6.07 Å². The van der Waals surface area contributed by atoms with Gasteiger partial charge in [0.15, 0.2) is 5.96 Å². The zero-order valence-corrected chi connectivity index (χ0v) is 17.3. The van der Waals surface area contributed by atoms with Crippen molar-refractivity contribution >= 4 is 5.96 Å². The molecule has 2 rings (SSSR count). The maximum absolute atomic E-state index is 12.8. The van der Waals surface area contributed by atoms with E-state index in [2.05, 4.69) is 25.3 Å². The summed E-state index contributed by atoms with van der Waals surface area (Å²) in [6.45, 7) is 7.48. The van der Waals surface area contributed by atoms with E-state index >= 15 is 0 Å². The van der Waals surface area contributed by atoms with Crippen LogP contribution in [0.3, 0.4) is 0 Å². The maximum Gasteiger partial charge on any atom is 0.387 e. The summed E-state index contributed by atoms with van der Waals surface area (Å²) >= 11 is 0. The van der Waals surface area contributed by atoms with Gasteiger partial charge in [0.05, 0.1) is 26.4 Å². The molecule has 0 bridgehead atoms. The Labute approximate surface area is 171 Å². The van der Waals surface area contributed by atoms with Gasteiger partial charge in [-0.25, -0.2) is 4.99 Å². The van der Waals surface area contributed by atoms with Crippen LogP contribution in [0.2, 0.25) is 0 Å². The van der Waals surface area contributed by atoms with E-state index in [0.29, 0.717) is 30.4 Å². The molecule has 0 amide bonds. The molecule has 29 heavy (non-hydrogen) atoms. The smallest absolute Gasteiger partial charge is 0.387 e. The SMILES string of the molecule is CCCOc1ccc(CN=C(NCC)NCCN2CCOCC2)c(OC(F)F)c1. The molecule has 0 aliphatic carbocycles. The number of morpholine rings is 1. The first-order valence-corrected chi connectivity index (χ1v) is 10.1. The molecule has 1 aromatic carbocycles. The minimum absolute atomic E-state index is 0.0847. The fourth-order valence-corrected chi connectivity index (χ4v) is 2.84. The standard InChI is InChI=1S/C20H32F2N4O3/c1-3-11-28-17-6-5-16(18(14-17)29-19(21)22)15-25-20(23-4-2)24-7-8-26-9-12-27-13-10-26/h5-6,14,19H,3-4,7-13,15H2,1-2H3,(H2,23,24,25). The Hall–Kier alpha value is -2.13. The number of benzene rings is 1. The average molecular weight is 414 g/mol. The predicted octanol–water partition coefficient (Wildman–Crippen LogP) is 2.46. The van der Waals surface area contributed by atoms with E-state index in [0.717, 1.165) is 45.8 Å². The van der Waals surface area contributed by atoms with Gasteiger partial charge in [0, 0.05) is 44.4 Å². The monoisotopic (exact) mass is 414 g/mol. The predicted molar refractivity (Wildman–Crippen MR) is 109 cm³/mol. The quantitative estimate of drug-likeness (QED) is 0.428. The van der Waals surface area contributed by atoms with Gasteiger partial charge in [0.1, 0.15) is 11.5 Å². The summed E-state index contributed by atoms with van der Waals surface area (Å²) in [6, 6.07) is 4.95. The molecule has 0 unspecified atom stereocenters. The zero-order valence-electron chi connectivity index (χ0n) is 17.3. The van der Waals surface area contributed by atoms with Crippen molar-refractivity contribution in [2.24, 2.45) is 4.99 Å². The molecule has 1 fully saturated rings. The molecule has 0 saturated carbocycles. The Morgan fingerprint density at radius 3 is 2.72 bits per heavy atom. The van der Waals surface area contributed by atoms with Crippen LogP contribution in [0.4, 0.5) is 8.78 Å². The molecule has 1 aliphatic heterocycles. The lowest BCUT2D eigenvalue weighted by atomic mass is 10.2. The molecule has 164 valence electrons. The van der Waals surface area contributed by atoms with Crippen molar-refractivity contribution in [1.29, 1.82) is 0 Å². The fraction of sp³-hybridized carbons (Fsp3) is 0.650. The van der Waals surface area contributed by atoms with Gasteiger partial charge in [-0.2, -0.15) is 8.78 Å². The van der Waals surface area contributed by atoms with Crippen LogP contribution in [-0.2, 0) is 11.3 Å². The summed E-state index contributed by atoms with van der Waals surface area (Å²) in [5.41, 5.74) is 0.569. The Morgan fingerprint density at radius 1 is 1.24 bits per heavy atom. The van der Waals surface area contributed by atoms with E-state index in [4.69, 9.17) is 9.47 Å². The Balaban J connectivity index is 1.97. The largest absolute Gasteiger partial charge is 0.493 e. The zero-order chi connectivity index (χ0) is 20.9. The van der Waals surface area contributed by atoms with Crippen molar-refractivity contribution in [3.8, 4) is 11.5 Å². The van der Waals surface area contributed by atoms with Gasteiger partial charge in [0.25, 0.3) is 0 Å². The normalized spacial score (nSPS) is 15.4. The van der Waals surface area contributed by atoms with Gasteiger partial charge in [-0.15, -0.1) is 0 Å². The second kappa shape index (κ2) is 13.2. The molecule has 9 heteroatoms. The van der Waals surface area contributed by atoms with Crippen molar-refractivity contribution < 1.29 is 23.0 Å². The summed E-state index contributed by atoms with van der Waals surface area (Å²) in [5, 5.41) is 6.45. The lowest BCUT2D eigenvalue weighted by Gasteiger charge is -2.26. The highest BCUT2D eigenvalue weighted by Gasteiger charge is 2.12. The third-order valence-corrected chi connectivity index (χ3v) is 4.30. The Bertz CT molecular complexity index is 626. The van der Waals surface area contributed by atoms with Gasteiger partial charge in [-0.3, -0.25) is 4.90 Å². The minimum Gasteiger partial charge on any atom is -0.493 e. The number of nitrogens with one attached hydrogen (secondary N) is 2. The molecule has 7 nitrogen and oxygen atoms in total. The number of rotatable bonds is 11. The number of ether oxygens (including phenoxy) is 3. The fourth-order valence-electron chi connectivity index (χ4n) is 2.84. The van der Waals surface area contributed by atoms with Crippen molar-refractivity contribution in [2.45, 2.75) is 33.4 Å². The molecule has 2 N–H and O–H groups in total. The highest BCUT2D eigenvalue weighted by atomic mass is 19.3. The van der Waals surface area contributed by atoms with Crippen molar-refractivity contribution in [2.75, 3.05) is 52.5 Å². The summed E-state index contributed by atoms with van der Waals surface area (Å²) in [4.78, 5) is 6.83. The van der Waals surface area contributed by atoms with Crippen LogP contribution in [-0.4, -0.2) is 70.0 Å². The molecule has 0 radical (unpaired) electrons. The summed E-state index contributed by atoms with van der Waals surface area (Å²) < 4.78 is 41.2. The molecule has 0 atom stereocenters. The lowest BCUT2D eigenvalue weighted by Crippen LogP contribution is -2.44. The topological polar surface area (TPSA) is 67.4 Å². The number of aliphatic imine (C=N–C) groups is 1. The number of guanidine groups is 1. The number of hydrogen-bond donors (Lipinski definition) is 2. The first-order chi connectivity index (χ1) is 14.1. The van der Waals surface area contributed by atoms with Gasteiger partial charge >= 0.3 is 6.61 Å². The van der Waals surface area contributed by atoms with Gasteiger partial charge in [-0.05, 0) is 25.5 Å². The van der Waals surface area contributed by atoms with Crippen molar-refractivity contribution in [3.63, 3.8) is 0 Å². The van der Waals surface area contributed by atoms with Crippen LogP contribution >= 0.6 is 0 Å². The second-order valence-corrected chi connectivity index (χ2v) is 6.57. The van der Waals surface area contributed by atoms with Crippen molar-refractivity contribution in [1.82, 2.24) is 15.5 Å². The number of hydrogen-bond acceptors (Lipinski definition) is 5. The van der Waals surface area contributed by atoms with E-state index in [9.17, 15) is 8.78 Å². The van der Waals surface area contributed by atoms with Crippen molar-refractivity contribution in [3.05, 3.63) is 23.8 Å². The van der Waals surface area contributed by atoms with E-state index < -0.39 is 6.61 Å². The molecule has 1 aromatic rings. The maximum atomic E-state index is 12.8. The highest BCUT2D eigenvalue weighted by Crippen LogP contribution is 2.27. The Morgan fingerprint density at radius 2 is 2.03 bits per heavy atom. The van der Waals surface area contributed by atoms with E-state index in [1.54, 1.807) is 12.1 Å². The van der Waals surface area contributed by atoms with Gasteiger partial charge in [-0.1, -0.05) is 6.92 Å². The van der Waals surface area contributed by atoms with E-state index in [1.807, 2.05) is 13.8 Å². The van der Waals surface area contributed by atoms with Crippen LogP contribution < -0.4 is 20.1 Å². The Kier molecular flexibility index (Phi) is 10.5. The number of alkyl halides is 2. The molecule has 1 saturated heterocycles. The first kappa shape index (κ1) is 23.2. The molecule has 0 spiro atoms. The molecule has 1 aliphatic rings. The molecular formula is C20H32F2N4O3. The van der Waals surface area contributed by atoms with Crippen LogP contribution in [0.25, 0.3) is 0 Å². The van der Waals surface area contributed by atoms with Crippen LogP contribution in [0.15, 0.2) is 23.2 Å². The van der Waals surface area contributed by atoms with E-state index in [-0.39, 0.29) is 12.3 Å². The lowest BCUT2D eigenvalue weighted by molar-refractivity contribution is -0.0505. The highest BCUT2D eigenvalue weighted by molar-refractivity contribution is 5.79. The summed E-state index contributed by atoms with van der Waals surface area (Å²) in [5.74, 6) is 1.22. The molecular weight excluding hydrogens is 382 g/mol. The number of halogens is 2. The third-order valence-electron chi connectivity index (χ3n) is 4.30. The molecule has 0 aromatic heterocycles.